The van der Waals surface area contributed by atoms with Gasteiger partial charge in [0.2, 0.25) is 0 Å². The fraction of sp³-hybridized carbons (Fsp3) is 0. The van der Waals surface area contributed by atoms with E-state index >= 15 is 0 Å². The van der Waals surface area contributed by atoms with Crippen molar-refractivity contribution in [3.05, 3.63) is 0 Å². The molecule has 0 aromatic heterocycles. The maximum Gasteiger partial charge on any atom is 0 e. The van der Waals surface area contributed by atoms with Gasteiger partial charge in [-0.3, -0.25) is 0 Å². The summed E-state index contributed by atoms with van der Waals surface area (Å²) in [5, 5.41) is 0. The van der Waals surface area contributed by atoms with Gasteiger partial charge in [-0.05, 0) is 0 Å². The number of hydrogen-bond donors (Lipinski definition) is 0. The third kappa shape index (κ3) is 17.9. The molecule has 0 N–H and O–H groups in total. The van der Waals surface area contributed by atoms with E-state index in [0.717, 1.165) is 0 Å². The minimum atomic E-state index is 0. The van der Waals surface area contributed by atoms with Gasteiger partial charge in [0.05, 0.1) is 0 Å². The molecule has 0 atom stereocenters. The molecule has 0 aromatic rings. The van der Waals surface area contributed by atoms with Crippen molar-refractivity contribution in [2.24, 2.45) is 0 Å². The maximum absolute atomic E-state index is 0. The predicted octanol–water partition coefficient (Wildman–Crippen LogP) is -1.53. The minimum absolute atomic E-state index is 0. The first-order valence-corrected chi connectivity index (χ1v) is 0. The predicted molar refractivity (Wildman–Crippen MR) is 23.0 cm³/mol. The van der Waals surface area contributed by atoms with Crippen LogP contribution in [0.5, 0.6) is 0 Å². The second kappa shape index (κ2) is 24.2. The molecular weight excluding hydrogens is 675 g/mol. The van der Waals surface area contributed by atoms with Gasteiger partial charge in [0.25, 0.3) is 0 Å². The van der Waals surface area contributed by atoms with Gasteiger partial charge in [0.15, 0.2) is 0 Å². The van der Waals surface area contributed by atoms with Gasteiger partial charge in [-0.15, -0.1) is 0 Å². The molecule has 0 bridgehead atoms. The number of hydrogen-bond acceptors (Lipinski definition) is 0. The Hall–Kier alpha value is 4.13. The van der Waals surface area contributed by atoms with Gasteiger partial charge in [0.1, 0.15) is 0 Å². The van der Waals surface area contributed by atoms with Crippen molar-refractivity contribution < 1.29 is 27.7 Å². The van der Waals surface area contributed by atoms with Gasteiger partial charge in [-0.2, -0.15) is 0 Å². The molecule has 0 saturated carbocycles. The van der Waals surface area contributed by atoms with Crippen LogP contribution >= 0.6 is 0 Å². The van der Waals surface area contributed by atoms with Crippen LogP contribution in [0.1, 0.15) is 0 Å². The van der Waals surface area contributed by atoms with Crippen molar-refractivity contribution in [1.29, 1.82) is 0 Å². The van der Waals surface area contributed by atoms with Crippen molar-refractivity contribution in [2.45, 2.75) is 0 Å². The summed E-state index contributed by atoms with van der Waals surface area (Å²) in [7, 11) is 0. The summed E-state index contributed by atoms with van der Waals surface area (Å²) in [6.45, 7) is 0. The van der Waals surface area contributed by atoms with Gasteiger partial charge < -0.3 is 0 Å². The molecule has 0 saturated heterocycles. The molecule has 0 fully saturated rings. The van der Waals surface area contributed by atoms with Crippen molar-refractivity contribution in [3.8, 4) is 0 Å². The SMILES string of the molecule is [Hg].[Sn].[Sn].[Sn].[Sn]. The van der Waals surface area contributed by atoms with Gasteiger partial charge >= 0.3 is 0 Å². The zero-order valence-electron chi connectivity index (χ0n) is 2.71. The Morgan fingerprint density at radius 3 is 0.400 bits per heavy atom. The zero-order chi connectivity index (χ0) is 0. The Kier molecular flexibility index (Phi) is 171. The minimum Gasteiger partial charge on any atom is 0 e. The van der Waals surface area contributed by atoms with Gasteiger partial charge in [0, 0.05) is 123 Å². The van der Waals surface area contributed by atoms with Crippen LogP contribution in [0.3, 0.4) is 0 Å². The van der Waals surface area contributed by atoms with E-state index in [0.29, 0.717) is 0 Å². The van der Waals surface area contributed by atoms with E-state index in [1.165, 1.54) is 0 Å². The van der Waals surface area contributed by atoms with Crippen LogP contribution in [0.15, 0.2) is 0 Å². The molecule has 0 unspecified atom stereocenters. The fourth-order valence-electron chi connectivity index (χ4n) is 0. The van der Waals surface area contributed by atoms with E-state index in [9.17, 15) is 0 Å². The molecule has 0 rings (SSSR count). The van der Waals surface area contributed by atoms with Crippen LogP contribution in [-0.4, -0.2) is 95.6 Å². The monoisotopic (exact) mass is 682 g/mol. The average molecular weight is 675 g/mol. The third-order valence-electron chi connectivity index (χ3n) is 0. The van der Waals surface area contributed by atoms with Crippen LogP contribution in [0.25, 0.3) is 0 Å². The van der Waals surface area contributed by atoms with Crippen molar-refractivity contribution in [1.82, 2.24) is 0 Å². The van der Waals surface area contributed by atoms with Crippen molar-refractivity contribution >= 4 is 95.6 Å². The van der Waals surface area contributed by atoms with Crippen LogP contribution in [0, 0.1) is 0 Å². The topological polar surface area (TPSA) is 0 Å². The van der Waals surface area contributed by atoms with E-state index < -0.39 is 0 Å². The Morgan fingerprint density at radius 1 is 0.400 bits per heavy atom. The summed E-state index contributed by atoms with van der Waals surface area (Å²) in [5.41, 5.74) is 0. The Labute approximate surface area is 120 Å². The van der Waals surface area contributed by atoms with Crippen LogP contribution in [0.2, 0.25) is 0 Å². The van der Waals surface area contributed by atoms with Gasteiger partial charge in [-0.25, -0.2) is 0 Å². The van der Waals surface area contributed by atoms with Crippen LogP contribution in [0.4, 0.5) is 0 Å². The van der Waals surface area contributed by atoms with E-state index in [1.54, 1.807) is 0 Å². The molecule has 5 heteroatoms. The first-order valence-electron chi connectivity index (χ1n) is 0. The van der Waals surface area contributed by atoms with E-state index in [1.807, 2.05) is 0 Å². The van der Waals surface area contributed by atoms with E-state index in [-0.39, 0.29) is 123 Å². The molecule has 0 spiro atoms. The second-order valence-corrected chi connectivity index (χ2v) is 0. The smallest absolute Gasteiger partial charge is 0 e. The summed E-state index contributed by atoms with van der Waals surface area (Å²) in [6, 6.07) is 0. The summed E-state index contributed by atoms with van der Waals surface area (Å²) < 4.78 is 0. The van der Waals surface area contributed by atoms with E-state index in [4.69, 9.17) is 0 Å². The Bertz CT molecular complexity index is 3.61. The Balaban J connectivity index is 0. The standard InChI is InChI=1S/Hg.4Sn. The summed E-state index contributed by atoms with van der Waals surface area (Å²) >= 11 is 0. The quantitative estimate of drug-likeness (QED) is 0.274. The molecule has 0 heterocycles. The Morgan fingerprint density at radius 2 is 0.400 bits per heavy atom. The van der Waals surface area contributed by atoms with E-state index in [2.05, 4.69) is 0 Å². The maximum atomic E-state index is 0. The third-order valence-corrected chi connectivity index (χ3v) is 0. The molecule has 0 aliphatic rings. The molecule has 0 aliphatic carbocycles. The molecule has 5 heavy (non-hydrogen) atoms. The molecule has 0 aliphatic heterocycles. The fourth-order valence-corrected chi connectivity index (χ4v) is 0. The molecule has 0 amide bonds. The van der Waals surface area contributed by atoms with Crippen molar-refractivity contribution in [3.63, 3.8) is 0 Å². The zero-order valence-corrected chi connectivity index (χ0v) is 19.6. The van der Waals surface area contributed by atoms with Crippen LogP contribution < -0.4 is 0 Å². The summed E-state index contributed by atoms with van der Waals surface area (Å²) in [4.78, 5) is 0. The molecule has 16 radical (unpaired) electrons. The average Bonchev–Trinajstić information content (AvgIpc) is 0. The summed E-state index contributed by atoms with van der Waals surface area (Å²) in [5.74, 6) is 0. The molecular formula is HgSn4. The normalized spacial score (nSPS) is 0. The van der Waals surface area contributed by atoms with Gasteiger partial charge in [-0.1, -0.05) is 0 Å². The molecule has 18 valence electrons. The number of rotatable bonds is 0. The second-order valence-electron chi connectivity index (χ2n) is 0. The van der Waals surface area contributed by atoms with Crippen molar-refractivity contribution in [2.75, 3.05) is 0 Å². The molecule has 0 aromatic carbocycles. The largest absolute Gasteiger partial charge is 0 e. The molecule has 0 nitrogen and oxygen atoms in total. The van der Waals surface area contributed by atoms with Crippen LogP contribution in [-0.2, 0) is 27.7 Å². The summed E-state index contributed by atoms with van der Waals surface area (Å²) in [6.07, 6.45) is 0. The first kappa shape index (κ1) is 35.4. The first-order chi connectivity index (χ1) is 0.